The Morgan fingerprint density at radius 1 is 1.44 bits per heavy atom. The Morgan fingerprint density at radius 3 is 2.72 bits per heavy atom. The van der Waals surface area contributed by atoms with Gasteiger partial charge in [-0.2, -0.15) is 0 Å². The molecule has 1 aromatic carbocycles. The number of carbonyl (C=O) groups is 1. The number of benzene rings is 1. The average molecular weight is 328 g/mol. The van der Waals surface area contributed by atoms with Gasteiger partial charge in [0.1, 0.15) is 5.82 Å². The maximum atomic E-state index is 11.1. The first kappa shape index (κ1) is 13.1. The van der Waals surface area contributed by atoms with Gasteiger partial charge in [0.15, 0.2) is 5.16 Å². The molecule has 5 nitrogen and oxygen atoms in total. The van der Waals surface area contributed by atoms with Crippen molar-refractivity contribution in [2.75, 3.05) is 0 Å². The van der Waals surface area contributed by atoms with E-state index < -0.39 is 5.97 Å². The van der Waals surface area contributed by atoms with Gasteiger partial charge in [-0.25, -0.2) is 4.79 Å². The van der Waals surface area contributed by atoms with Crippen LogP contribution in [0.2, 0.25) is 0 Å². The maximum absolute atomic E-state index is 11.1. The van der Waals surface area contributed by atoms with E-state index in [1.54, 1.807) is 18.2 Å². The van der Waals surface area contributed by atoms with Crippen molar-refractivity contribution in [2.45, 2.75) is 17.0 Å². The lowest BCUT2D eigenvalue weighted by molar-refractivity contribution is 0.0693. The van der Waals surface area contributed by atoms with E-state index in [2.05, 4.69) is 26.1 Å². The first-order valence-corrected chi connectivity index (χ1v) is 6.66. The SMILES string of the molecule is Cc1nnc(Sc2cc(Br)ccc2C(=O)O)n1C. The molecule has 0 amide bonds. The van der Waals surface area contributed by atoms with E-state index in [1.807, 2.05) is 18.5 Å². The second kappa shape index (κ2) is 5.11. The maximum Gasteiger partial charge on any atom is 0.336 e. The summed E-state index contributed by atoms with van der Waals surface area (Å²) in [4.78, 5) is 11.8. The van der Waals surface area contributed by atoms with Crippen molar-refractivity contribution < 1.29 is 9.90 Å². The van der Waals surface area contributed by atoms with E-state index in [9.17, 15) is 4.79 Å². The van der Waals surface area contributed by atoms with Crippen molar-refractivity contribution in [1.29, 1.82) is 0 Å². The molecule has 0 aliphatic rings. The number of nitrogens with zero attached hydrogens (tertiary/aromatic N) is 3. The highest BCUT2D eigenvalue weighted by Gasteiger charge is 2.14. The van der Waals surface area contributed by atoms with E-state index in [0.29, 0.717) is 10.1 Å². The van der Waals surface area contributed by atoms with Crippen molar-refractivity contribution in [3.63, 3.8) is 0 Å². The number of rotatable bonds is 3. The fourth-order valence-corrected chi connectivity index (χ4v) is 2.84. The van der Waals surface area contributed by atoms with Gasteiger partial charge in [-0.1, -0.05) is 15.9 Å². The number of halogens is 1. The van der Waals surface area contributed by atoms with Crippen molar-refractivity contribution in [2.24, 2.45) is 7.05 Å². The van der Waals surface area contributed by atoms with Gasteiger partial charge >= 0.3 is 5.97 Å². The molecular weight excluding hydrogens is 318 g/mol. The molecule has 0 aliphatic carbocycles. The van der Waals surface area contributed by atoms with Crippen LogP contribution in [-0.2, 0) is 7.05 Å². The molecule has 0 unspecified atom stereocenters. The van der Waals surface area contributed by atoms with Crippen LogP contribution in [0, 0.1) is 6.92 Å². The number of carboxylic acids is 1. The molecule has 2 rings (SSSR count). The summed E-state index contributed by atoms with van der Waals surface area (Å²) in [5.74, 6) is -0.173. The van der Waals surface area contributed by atoms with Crippen LogP contribution in [0.25, 0.3) is 0 Å². The lowest BCUT2D eigenvalue weighted by Crippen LogP contribution is -2.00. The van der Waals surface area contributed by atoms with Crippen LogP contribution in [-0.4, -0.2) is 25.8 Å². The van der Waals surface area contributed by atoms with Gasteiger partial charge in [0.25, 0.3) is 0 Å². The minimum absolute atomic E-state index is 0.254. The second-order valence-electron chi connectivity index (χ2n) is 3.64. The number of hydrogen-bond acceptors (Lipinski definition) is 4. The molecule has 0 saturated heterocycles. The van der Waals surface area contributed by atoms with Gasteiger partial charge in [-0.15, -0.1) is 10.2 Å². The fourth-order valence-electron chi connectivity index (χ4n) is 1.33. The molecule has 94 valence electrons. The van der Waals surface area contributed by atoms with Crippen LogP contribution >= 0.6 is 27.7 Å². The molecule has 1 N–H and O–H groups in total. The minimum Gasteiger partial charge on any atom is -0.478 e. The van der Waals surface area contributed by atoms with Crippen LogP contribution in [0.1, 0.15) is 16.2 Å². The molecule has 0 atom stereocenters. The van der Waals surface area contributed by atoms with Crippen molar-refractivity contribution in [3.8, 4) is 0 Å². The van der Waals surface area contributed by atoms with Gasteiger partial charge in [-0.3, -0.25) is 0 Å². The van der Waals surface area contributed by atoms with Gasteiger partial charge in [-0.05, 0) is 36.9 Å². The largest absolute Gasteiger partial charge is 0.478 e. The molecule has 2 aromatic rings. The fraction of sp³-hybridized carbons (Fsp3) is 0.182. The van der Waals surface area contributed by atoms with Gasteiger partial charge < -0.3 is 9.67 Å². The van der Waals surface area contributed by atoms with Gasteiger partial charge in [0, 0.05) is 16.4 Å². The third-order valence-electron chi connectivity index (χ3n) is 2.43. The lowest BCUT2D eigenvalue weighted by Gasteiger charge is -2.06. The summed E-state index contributed by atoms with van der Waals surface area (Å²) in [6.07, 6.45) is 0. The summed E-state index contributed by atoms with van der Waals surface area (Å²) in [5, 5.41) is 17.7. The second-order valence-corrected chi connectivity index (χ2v) is 5.56. The predicted octanol–water partition coefficient (Wildman–Crippen LogP) is 2.74. The van der Waals surface area contributed by atoms with E-state index in [4.69, 9.17) is 5.11 Å². The van der Waals surface area contributed by atoms with Crippen LogP contribution < -0.4 is 0 Å². The summed E-state index contributed by atoms with van der Waals surface area (Å²) >= 11 is 4.62. The highest BCUT2D eigenvalue weighted by atomic mass is 79.9. The normalized spacial score (nSPS) is 10.6. The molecule has 1 aromatic heterocycles. The summed E-state index contributed by atoms with van der Waals surface area (Å²) in [6.45, 7) is 1.84. The quantitative estimate of drug-likeness (QED) is 0.938. The molecular formula is C11H10BrN3O2S. The third kappa shape index (κ3) is 2.56. The smallest absolute Gasteiger partial charge is 0.336 e. The van der Waals surface area contributed by atoms with Gasteiger partial charge in [0.2, 0.25) is 0 Å². The van der Waals surface area contributed by atoms with Crippen LogP contribution in [0.5, 0.6) is 0 Å². The standard InChI is InChI=1S/C11H10BrN3O2S/c1-6-13-14-11(15(6)2)18-9-5-7(12)3-4-8(9)10(16)17/h3-5H,1-2H3,(H,16,17). The predicted molar refractivity (Wildman–Crippen MR) is 71.0 cm³/mol. The van der Waals surface area contributed by atoms with Crippen molar-refractivity contribution >= 4 is 33.7 Å². The topological polar surface area (TPSA) is 68.0 Å². The minimum atomic E-state index is -0.955. The Hall–Kier alpha value is -1.34. The Bertz CT molecular complexity index is 612. The monoisotopic (exact) mass is 327 g/mol. The molecule has 0 saturated carbocycles. The molecule has 0 bridgehead atoms. The summed E-state index contributed by atoms with van der Waals surface area (Å²) in [7, 11) is 1.84. The zero-order valence-corrected chi connectivity index (χ0v) is 12.1. The third-order valence-corrected chi connectivity index (χ3v) is 4.02. The Kier molecular flexibility index (Phi) is 3.72. The van der Waals surface area contributed by atoms with Crippen LogP contribution in [0.3, 0.4) is 0 Å². The lowest BCUT2D eigenvalue weighted by atomic mass is 10.2. The summed E-state index contributed by atoms with van der Waals surface area (Å²) < 4.78 is 2.64. The molecule has 0 aliphatic heterocycles. The Morgan fingerprint density at radius 2 is 2.17 bits per heavy atom. The van der Waals surface area contributed by atoms with Gasteiger partial charge in [0.05, 0.1) is 5.56 Å². The highest BCUT2D eigenvalue weighted by Crippen LogP contribution is 2.31. The van der Waals surface area contributed by atoms with Crippen molar-refractivity contribution in [3.05, 3.63) is 34.1 Å². The van der Waals surface area contributed by atoms with E-state index >= 15 is 0 Å². The highest BCUT2D eigenvalue weighted by molar-refractivity contribution is 9.10. The number of aromatic carboxylic acids is 1. The summed E-state index contributed by atoms with van der Waals surface area (Å²) in [5.41, 5.74) is 0.254. The summed E-state index contributed by atoms with van der Waals surface area (Å²) in [6, 6.07) is 5.03. The van der Waals surface area contributed by atoms with E-state index in [-0.39, 0.29) is 5.56 Å². The first-order chi connectivity index (χ1) is 8.49. The van der Waals surface area contributed by atoms with E-state index in [1.165, 1.54) is 11.8 Å². The zero-order chi connectivity index (χ0) is 13.3. The number of aryl methyl sites for hydroxylation is 1. The molecule has 0 spiro atoms. The van der Waals surface area contributed by atoms with Crippen LogP contribution in [0.15, 0.2) is 32.7 Å². The van der Waals surface area contributed by atoms with Crippen LogP contribution in [0.4, 0.5) is 0 Å². The number of aromatic nitrogens is 3. The Balaban J connectivity index is 2.42. The number of carboxylic acid groups (broad SMARTS) is 1. The molecule has 0 radical (unpaired) electrons. The Labute approximate surface area is 116 Å². The first-order valence-electron chi connectivity index (χ1n) is 5.05. The average Bonchev–Trinajstić information content (AvgIpc) is 2.61. The number of hydrogen-bond donors (Lipinski definition) is 1. The molecule has 1 heterocycles. The molecule has 7 heteroatoms. The van der Waals surface area contributed by atoms with Crippen molar-refractivity contribution in [1.82, 2.24) is 14.8 Å². The zero-order valence-electron chi connectivity index (χ0n) is 9.72. The molecule has 18 heavy (non-hydrogen) atoms. The van der Waals surface area contributed by atoms with E-state index in [0.717, 1.165) is 10.3 Å². The molecule has 0 fully saturated rings.